The second-order valence-electron chi connectivity index (χ2n) is 11.6. The molecule has 190 valence electrons. The SMILES string of the molecule is Cc1cc(-c2[nH]c3ccc(C4CCN(C(=O)CNC(C)(C)C)CC4)cc3c2C(C)C)cn2ncnc12. The highest BCUT2D eigenvalue weighted by Crippen LogP contribution is 2.38. The fourth-order valence-electron chi connectivity index (χ4n) is 5.46. The molecule has 5 rings (SSSR count). The number of fused-ring (bicyclic) bond motifs is 2. The second-order valence-corrected chi connectivity index (χ2v) is 11.6. The van der Waals surface area contributed by atoms with Gasteiger partial charge in [0.15, 0.2) is 5.65 Å². The van der Waals surface area contributed by atoms with E-state index in [0.717, 1.165) is 53.9 Å². The summed E-state index contributed by atoms with van der Waals surface area (Å²) in [6, 6.07) is 9.07. The van der Waals surface area contributed by atoms with Crippen molar-refractivity contribution < 1.29 is 4.79 Å². The van der Waals surface area contributed by atoms with Gasteiger partial charge < -0.3 is 15.2 Å². The molecule has 0 bridgehead atoms. The van der Waals surface area contributed by atoms with Crippen molar-refractivity contribution in [3.8, 4) is 11.3 Å². The number of nitrogens with one attached hydrogen (secondary N) is 2. The zero-order chi connectivity index (χ0) is 25.6. The molecule has 7 nitrogen and oxygen atoms in total. The van der Waals surface area contributed by atoms with E-state index in [0.29, 0.717) is 18.4 Å². The standard InChI is InChI=1S/C29H38N6O/c1-18(2)26-23-14-21(20-9-11-34(12-10-20)25(36)15-31-29(4,5)6)7-8-24(23)33-27(26)22-13-19(3)28-30-17-32-35(28)16-22/h7-8,13-14,16-18,20,31,33H,9-12,15H2,1-6H3. The molecule has 1 aromatic carbocycles. The molecule has 0 radical (unpaired) electrons. The summed E-state index contributed by atoms with van der Waals surface area (Å²) in [4.78, 5) is 22.7. The van der Waals surface area contributed by atoms with Crippen LogP contribution in [0.1, 0.15) is 76.0 Å². The summed E-state index contributed by atoms with van der Waals surface area (Å²) >= 11 is 0. The number of rotatable bonds is 5. The van der Waals surface area contributed by atoms with E-state index in [2.05, 4.69) is 92.4 Å². The molecule has 0 saturated carbocycles. The van der Waals surface area contributed by atoms with Crippen molar-refractivity contribution in [2.24, 2.45) is 0 Å². The number of nitrogens with zero attached hydrogens (tertiary/aromatic N) is 4. The largest absolute Gasteiger partial charge is 0.354 e. The average Bonchev–Trinajstić information content (AvgIpc) is 3.46. The lowest BCUT2D eigenvalue weighted by Gasteiger charge is -2.33. The van der Waals surface area contributed by atoms with E-state index in [1.165, 1.54) is 16.5 Å². The van der Waals surface area contributed by atoms with Crippen LogP contribution in [-0.4, -0.2) is 55.6 Å². The summed E-state index contributed by atoms with van der Waals surface area (Å²) in [5.74, 6) is 1.04. The molecule has 1 aliphatic heterocycles. The molecule has 4 heterocycles. The first-order valence-electron chi connectivity index (χ1n) is 13.1. The maximum atomic E-state index is 12.7. The number of carbonyl (C=O) groups is 1. The second kappa shape index (κ2) is 9.36. The van der Waals surface area contributed by atoms with Gasteiger partial charge in [-0.3, -0.25) is 4.79 Å². The van der Waals surface area contributed by atoms with Crippen LogP contribution in [0, 0.1) is 6.92 Å². The highest BCUT2D eigenvalue weighted by molar-refractivity contribution is 5.92. The minimum atomic E-state index is -0.0490. The molecule has 1 amide bonds. The zero-order valence-electron chi connectivity index (χ0n) is 22.4. The zero-order valence-corrected chi connectivity index (χ0v) is 22.4. The van der Waals surface area contributed by atoms with Gasteiger partial charge >= 0.3 is 0 Å². The predicted octanol–water partition coefficient (Wildman–Crippen LogP) is 5.40. The van der Waals surface area contributed by atoms with E-state index in [1.807, 2.05) is 9.42 Å². The van der Waals surface area contributed by atoms with Gasteiger partial charge in [0.2, 0.25) is 5.91 Å². The van der Waals surface area contributed by atoms with E-state index in [1.54, 1.807) is 6.33 Å². The average molecular weight is 487 g/mol. The lowest BCUT2D eigenvalue weighted by Crippen LogP contribution is -2.47. The Morgan fingerprint density at radius 2 is 1.94 bits per heavy atom. The molecule has 0 atom stereocenters. The van der Waals surface area contributed by atoms with Crippen molar-refractivity contribution >= 4 is 22.5 Å². The first-order chi connectivity index (χ1) is 17.1. The topological polar surface area (TPSA) is 78.3 Å². The number of amides is 1. The first-order valence-corrected chi connectivity index (χ1v) is 13.1. The van der Waals surface area contributed by atoms with Gasteiger partial charge in [-0.25, -0.2) is 9.50 Å². The van der Waals surface area contributed by atoms with Crippen LogP contribution >= 0.6 is 0 Å². The Kier molecular flexibility index (Phi) is 6.37. The number of likely N-dealkylation sites (tertiary alicyclic amines) is 1. The number of piperidine rings is 1. The molecule has 1 fully saturated rings. The van der Waals surface area contributed by atoms with Crippen LogP contribution in [0.15, 0.2) is 36.8 Å². The molecular weight excluding hydrogens is 448 g/mol. The molecule has 4 aromatic rings. The Labute approximate surface area is 213 Å². The van der Waals surface area contributed by atoms with E-state index in [-0.39, 0.29) is 11.4 Å². The normalized spacial score (nSPS) is 15.5. The summed E-state index contributed by atoms with van der Waals surface area (Å²) in [6.07, 6.45) is 5.67. The summed E-state index contributed by atoms with van der Waals surface area (Å²) in [6.45, 7) is 14.9. The van der Waals surface area contributed by atoms with E-state index in [9.17, 15) is 4.79 Å². The molecule has 7 heteroatoms. The number of carbonyl (C=O) groups excluding carboxylic acids is 1. The number of aromatic nitrogens is 4. The third kappa shape index (κ3) is 4.76. The van der Waals surface area contributed by atoms with Gasteiger partial charge in [0.1, 0.15) is 6.33 Å². The van der Waals surface area contributed by atoms with Gasteiger partial charge in [-0.1, -0.05) is 19.9 Å². The van der Waals surface area contributed by atoms with Gasteiger partial charge in [0, 0.05) is 41.3 Å². The van der Waals surface area contributed by atoms with Crippen LogP contribution in [0.25, 0.3) is 27.8 Å². The predicted molar refractivity (Wildman–Crippen MR) is 145 cm³/mol. The minimum Gasteiger partial charge on any atom is -0.354 e. The number of hydrogen-bond donors (Lipinski definition) is 2. The fraction of sp³-hybridized carbons (Fsp3) is 0.483. The first kappa shape index (κ1) is 24.5. The van der Waals surface area contributed by atoms with Gasteiger partial charge in [0.05, 0.1) is 12.2 Å². The van der Waals surface area contributed by atoms with Crippen LogP contribution in [0.4, 0.5) is 0 Å². The van der Waals surface area contributed by atoms with E-state index >= 15 is 0 Å². The molecule has 0 unspecified atom stereocenters. The lowest BCUT2D eigenvalue weighted by molar-refractivity contribution is -0.131. The van der Waals surface area contributed by atoms with Crippen LogP contribution in [0.3, 0.4) is 0 Å². The number of aromatic amines is 1. The Morgan fingerprint density at radius 1 is 1.19 bits per heavy atom. The number of H-pyrrole nitrogens is 1. The van der Waals surface area contributed by atoms with Crippen molar-refractivity contribution in [3.63, 3.8) is 0 Å². The number of pyridine rings is 1. The number of aryl methyl sites for hydroxylation is 1. The smallest absolute Gasteiger partial charge is 0.236 e. The van der Waals surface area contributed by atoms with Gasteiger partial charge in [-0.15, -0.1) is 0 Å². The Hall–Kier alpha value is -3.19. The van der Waals surface area contributed by atoms with Gasteiger partial charge in [-0.2, -0.15) is 5.10 Å². The Morgan fingerprint density at radius 3 is 2.64 bits per heavy atom. The maximum absolute atomic E-state index is 12.7. The van der Waals surface area contributed by atoms with Crippen LogP contribution in [0.5, 0.6) is 0 Å². The Bertz CT molecular complexity index is 1400. The van der Waals surface area contributed by atoms with Gasteiger partial charge in [0.25, 0.3) is 0 Å². The van der Waals surface area contributed by atoms with Crippen molar-refractivity contribution in [3.05, 3.63) is 53.5 Å². The highest BCUT2D eigenvalue weighted by Gasteiger charge is 2.26. The van der Waals surface area contributed by atoms with E-state index in [4.69, 9.17) is 0 Å². The molecule has 1 saturated heterocycles. The summed E-state index contributed by atoms with van der Waals surface area (Å²) in [7, 11) is 0. The number of hydrogen-bond acceptors (Lipinski definition) is 4. The third-order valence-corrected chi connectivity index (χ3v) is 7.38. The van der Waals surface area contributed by atoms with Crippen LogP contribution in [0.2, 0.25) is 0 Å². The minimum absolute atomic E-state index is 0.0490. The third-order valence-electron chi connectivity index (χ3n) is 7.38. The monoisotopic (exact) mass is 486 g/mol. The number of benzene rings is 1. The molecule has 2 N–H and O–H groups in total. The summed E-state index contributed by atoms with van der Waals surface area (Å²) in [5, 5.41) is 8.99. The Balaban J connectivity index is 1.40. The fourth-order valence-corrected chi connectivity index (χ4v) is 5.46. The van der Waals surface area contributed by atoms with E-state index < -0.39 is 0 Å². The van der Waals surface area contributed by atoms with Crippen molar-refractivity contribution in [2.45, 2.75) is 71.8 Å². The molecular formula is C29H38N6O. The lowest BCUT2D eigenvalue weighted by atomic mass is 9.87. The maximum Gasteiger partial charge on any atom is 0.236 e. The molecule has 0 spiro atoms. The van der Waals surface area contributed by atoms with Crippen LogP contribution in [-0.2, 0) is 4.79 Å². The van der Waals surface area contributed by atoms with Gasteiger partial charge in [-0.05, 0) is 87.3 Å². The molecule has 3 aromatic heterocycles. The summed E-state index contributed by atoms with van der Waals surface area (Å²) < 4.78 is 1.86. The van der Waals surface area contributed by atoms with Crippen molar-refractivity contribution in [1.82, 2.24) is 29.8 Å². The molecule has 0 aliphatic carbocycles. The summed E-state index contributed by atoms with van der Waals surface area (Å²) in [5.41, 5.74) is 8.11. The molecule has 1 aliphatic rings. The molecule has 36 heavy (non-hydrogen) atoms. The van der Waals surface area contributed by atoms with Crippen molar-refractivity contribution in [2.75, 3.05) is 19.6 Å². The van der Waals surface area contributed by atoms with Crippen molar-refractivity contribution in [1.29, 1.82) is 0 Å². The van der Waals surface area contributed by atoms with Crippen LogP contribution < -0.4 is 5.32 Å². The highest BCUT2D eigenvalue weighted by atomic mass is 16.2. The quantitative estimate of drug-likeness (QED) is 0.396.